The number of carbonyl (C=O) groups excluding carboxylic acids is 2. The van der Waals surface area contributed by atoms with Gasteiger partial charge in [0.2, 0.25) is 5.91 Å². The lowest BCUT2D eigenvalue weighted by atomic mass is 9.90. The maximum Gasteiger partial charge on any atom is 0.319 e. The van der Waals surface area contributed by atoms with Crippen LogP contribution in [-0.4, -0.2) is 79.3 Å². The Morgan fingerprint density at radius 2 is 1.93 bits per heavy atom. The number of nitrogens with zero attached hydrogens (tertiary/aromatic N) is 1. The summed E-state index contributed by atoms with van der Waals surface area (Å²) in [6, 6.07) is 5.46. The second-order valence-corrected chi connectivity index (χ2v) is 7.92. The van der Waals surface area contributed by atoms with Gasteiger partial charge in [0.15, 0.2) is 6.29 Å². The van der Waals surface area contributed by atoms with Crippen molar-refractivity contribution in [1.29, 1.82) is 0 Å². The quantitative estimate of drug-likeness (QED) is 0.521. The number of likely N-dealkylation sites (tertiary alicyclic amines) is 1. The molecule has 0 radical (unpaired) electrons. The van der Waals surface area contributed by atoms with Crippen LogP contribution >= 0.6 is 0 Å². The van der Waals surface area contributed by atoms with Crippen molar-refractivity contribution in [3.05, 3.63) is 24.3 Å². The number of piperidine rings is 1. The predicted octanol–water partition coefficient (Wildman–Crippen LogP) is -0.133. The van der Waals surface area contributed by atoms with Gasteiger partial charge in [-0.25, -0.2) is 4.79 Å². The zero-order valence-corrected chi connectivity index (χ0v) is 16.8. The van der Waals surface area contributed by atoms with Crippen LogP contribution in [-0.2, 0) is 14.3 Å². The first-order valence-corrected chi connectivity index (χ1v) is 10.2. The molecular formula is C20H28N4O6. The molecule has 3 amide bonds. The van der Waals surface area contributed by atoms with Crippen LogP contribution in [0, 0.1) is 5.92 Å². The fourth-order valence-electron chi connectivity index (χ4n) is 4.44. The molecule has 164 valence electrons. The lowest BCUT2D eigenvalue weighted by Gasteiger charge is -2.45. The summed E-state index contributed by atoms with van der Waals surface area (Å²) in [5.74, 6) is 0.250. The third-order valence-corrected chi connectivity index (χ3v) is 6.13. The molecule has 3 fully saturated rings. The van der Waals surface area contributed by atoms with E-state index in [0.717, 1.165) is 0 Å². The van der Waals surface area contributed by atoms with Crippen molar-refractivity contribution in [3.8, 4) is 5.75 Å². The maximum absolute atomic E-state index is 12.5. The van der Waals surface area contributed by atoms with Gasteiger partial charge < -0.3 is 35.7 Å². The molecule has 1 aromatic rings. The van der Waals surface area contributed by atoms with E-state index in [1.165, 1.54) is 0 Å². The molecule has 10 nitrogen and oxygen atoms in total. The summed E-state index contributed by atoms with van der Waals surface area (Å²) < 4.78 is 16.8. The lowest BCUT2D eigenvalue weighted by Crippen LogP contribution is -2.66. The molecule has 5 atom stereocenters. The summed E-state index contributed by atoms with van der Waals surface area (Å²) >= 11 is 0. The second kappa shape index (κ2) is 8.76. The summed E-state index contributed by atoms with van der Waals surface area (Å²) in [6.07, 6.45) is -0.595. The molecule has 3 aliphatic heterocycles. The van der Waals surface area contributed by atoms with E-state index in [1.54, 1.807) is 31.4 Å². The highest BCUT2D eigenvalue weighted by Gasteiger charge is 2.53. The van der Waals surface area contributed by atoms with E-state index in [-0.39, 0.29) is 11.8 Å². The van der Waals surface area contributed by atoms with Crippen LogP contribution in [0.3, 0.4) is 0 Å². The van der Waals surface area contributed by atoms with Crippen molar-refractivity contribution in [2.24, 2.45) is 11.7 Å². The fraction of sp³-hybridized carbons (Fsp3) is 0.600. The molecule has 0 aliphatic carbocycles. The summed E-state index contributed by atoms with van der Waals surface area (Å²) in [5, 5.41) is 16.7. The highest BCUT2D eigenvalue weighted by Crippen LogP contribution is 2.33. The van der Waals surface area contributed by atoms with Gasteiger partial charge in [-0.1, -0.05) is 0 Å². The zero-order valence-electron chi connectivity index (χ0n) is 16.8. The molecule has 5 N–H and O–H groups in total. The molecule has 0 spiro atoms. The van der Waals surface area contributed by atoms with Crippen molar-refractivity contribution in [2.75, 3.05) is 32.1 Å². The van der Waals surface area contributed by atoms with E-state index >= 15 is 0 Å². The van der Waals surface area contributed by atoms with E-state index in [4.69, 9.17) is 19.9 Å². The Kier molecular flexibility index (Phi) is 6.09. The van der Waals surface area contributed by atoms with Crippen molar-refractivity contribution in [2.45, 2.75) is 43.4 Å². The molecule has 4 rings (SSSR count). The first kappa shape index (κ1) is 20.9. The number of hydrogen-bond donors (Lipinski definition) is 4. The van der Waals surface area contributed by atoms with Gasteiger partial charge in [-0.2, -0.15) is 0 Å². The molecule has 10 heteroatoms. The number of nitrogens with two attached hydrogens (primary N) is 1. The number of fused-ring (bicyclic) bond motifs is 2. The molecule has 2 bridgehead atoms. The Morgan fingerprint density at radius 3 is 2.57 bits per heavy atom. The number of ether oxygens (including phenoxy) is 3. The zero-order chi connectivity index (χ0) is 21.3. The third-order valence-electron chi connectivity index (χ3n) is 6.13. The molecule has 0 saturated carbocycles. The highest BCUT2D eigenvalue weighted by molar-refractivity contribution is 5.89. The molecule has 3 saturated heterocycles. The van der Waals surface area contributed by atoms with Crippen molar-refractivity contribution in [3.63, 3.8) is 0 Å². The maximum atomic E-state index is 12.5. The van der Waals surface area contributed by atoms with E-state index in [9.17, 15) is 14.7 Å². The Labute approximate surface area is 174 Å². The molecule has 1 aromatic carbocycles. The van der Waals surface area contributed by atoms with Gasteiger partial charge in [-0.3, -0.25) is 9.69 Å². The van der Waals surface area contributed by atoms with Crippen LogP contribution in [0.2, 0.25) is 0 Å². The van der Waals surface area contributed by atoms with Gasteiger partial charge >= 0.3 is 6.03 Å². The predicted molar refractivity (Wildman–Crippen MR) is 107 cm³/mol. The van der Waals surface area contributed by atoms with Crippen LogP contribution in [0.5, 0.6) is 5.75 Å². The van der Waals surface area contributed by atoms with Gasteiger partial charge in [0.1, 0.15) is 11.9 Å². The number of anilines is 1. The number of rotatable bonds is 5. The average molecular weight is 420 g/mol. The van der Waals surface area contributed by atoms with Crippen molar-refractivity contribution >= 4 is 17.6 Å². The minimum atomic E-state index is -0.872. The number of urea groups is 1. The number of methoxy groups -OCH3 is 1. The minimum Gasteiger partial charge on any atom is -0.497 e. The largest absolute Gasteiger partial charge is 0.497 e. The highest BCUT2D eigenvalue weighted by atomic mass is 16.7. The molecule has 0 aromatic heterocycles. The van der Waals surface area contributed by atoms with Gasteiger partial charge in [0, 0.05) is 11.6 Å². The summed E-state index contributed by atoms with van der Waals surface area (Å²) in [6.45, 7) is 1.51. The number of aliphatic hydroxyl groups is 1. The molecular weight excluding hydrogens is 392 g/mol. The van der Waals surface area contributed by atoms with E-state index in [2.05, 4.69) is 15.5 Å². The van der Waals surface area contributed by atoms with Crippen LogP contribution in [0.25, 0.3) is 0 Å². The third kappa shape index (κ3) is 4.22. The SMILES string of the molecule is COc1ccc(NC(=O)N[C@H]2[C@H](O)[C@@H](N3CCC(C(N)=O)CC3)[C@@H]3OC[C@H]2O3)cc1. The molecule has 30 heavy (non-hydrogen) atoms. The Morgan fingerprint density at radius 1 is 1.23 bits per heavy atom. The van der Waals surface area contributed by atoms with Gasteiger partial charge in [0.25, 0.3) is 0 Å². The standard InChI is InChI=1S/C20H28N4O6/c1-28-13-4-2-12(3-5-13)22-20(27)23-15-14-10-29-19(30-14)16(17(15)25)24-8-6-11(7-9-24)18(21)26/h2-5,11,14-17,19,25H,6-10H2,1H3,(H2,21,26)(H2,22,23,27)/t14-,15-,16-,17+,19-/m1/s1. The summed E-state index contributed by atoms with van der Waals surface area (Å²) in [7, 11) is 1.57. The Hall–Kier alpha value is -2.40. The van der Waals surface area contributed by atoms with Crippen molar-refractivity contribution in [1.82, 2.24) is 10.2 Å². The number of primary amides is 1. The molecule has 0 unspecified atom stereocenters. The number of hydrogen-bond acceptors (Lipinski definition) is 7. The normalized spacial score (nSPS) is 31.9. The van der Waals surface area contributed by atoms with Crippen LogP contribution in [0.15, 0.2) is 24.3 Å². The first-order chi connectivity index (χ1) is 14.5. The number of nitrogens with one attached hydrogen (secondary N) is 2. The lowest BCUT2D eigenvalue weighted by molar-refractivity contribution is -0.184. The fourth-order valence-corrected chi connectivity index (χ4v) is 4.44. The Balaban J connectivity index is 1.39. The summed E-state index contributed by atoms with van der Waals surface area (Å²) in [4.78, 5) is 26.0. The minimum absolute atomic E-state index is 0.149. The number of benzene rings is 1. The van der Waals surface area contributed by atoms with Gasteiger partial charge in [-0.15, -0.1) is 0 Å². The van der Waals surface area contributed by atoms with Gasteiger partial charge in [-0.05, 0) is 50.2 Å². The van der Waals surface area contributed by atoms with Crippen LogP contribution in [0.4, 0.5) is 10.5 Å². The first-order valence-electron chi connectivity index (χ1n) is 10.2. The van der Waals surface area contributed by atoms with Gasteiger partial charge in [0.05, 0.1) is 31.9 Å². The monoisotopic (exact) mass is 420 g/mol. The second-order valence-electron chi connectivity index (χ2n) is 7.92. The average Bonchev–Trinajstić information content (AvgIpc) is 3.17. The van der Waals surface area contributed by atoms with E-state index < -0.39 is 36.6 Å². The number of aliphatic hydroxyl groups excluding tert-OH is 1. The van der Waals surface area contributed by atoms with Crippen LogP contribution < -0.4 is 21.1 Å². The van der Waals surface area contributed by atoms with Crippen molar-refractivity contribution < 1.29 is 28.9 Å². The topological polar surface area (TPSA) is 135 Å². The smallest absolute Gasteiger partial charge is 0.319 e. The number of amides is 3. The van der Waals surface area contributed by atoms with Crippen LogP contribution in [0.1, 0.15) is 12.8 Å². The molecule has 3 heterocycles. The Bertz CT molecular complexity index is 767. The van der Waals surface area contributed by atoms with E-state index in [1.807, 2.05) is 0 Å². The summed E-state index contributed by atoms with van der Waals surface area (Å²) in [5.41, 5.74) is 6.02. The van der Waals surface area contributed by atoms with E-state index in [0.29, 0.717) is 44.0 Å². The number of carbonyl (C=O) groups is 2. The molecule has 3 aliphatic rings.